The third kappa shape index (κ3) is 3.98. The number of hydrogen-bond donors (Lipinski definition) is 1. The number of hydrogen-bond acceptors (Lipinski definition) is 2. The number of amides is 1. The van der Waals surface area contributed by atoms with E-state index in [0.29, 0.717) is 13.0 Å². The first kappa shape index (κ1) is 10.4. The Morgan fingerprint density at radius 1 is 1.64 bits per heavy atom. The number of aliphatic hydroxyl groups excluding tert-OH is 1. The first-order valence-corrected chi connectivity index (χ1v) is 4.01. The van der Waals surface area contributed by atoms with E-state index in [4.69, 9.17) is 5.11 Å². The maximum absolute atomic E-state index is 10.3. The molecule has 0 heterocycles. The van der Waals surface area contributed by atoms with Gasteiger partial charge in [-0.2, -0.15) is 0 Å². The third-order valence-corrected chi connectivity index (χ3v) is 1.80. The zero-order chi connectivity index (χ0) is 8.69. The van der Waals surface area contributed by atoms with Crippen molar-refractivity contribution in [3.63, 3.8) is 0 Å². The molecular weight excluding hydrogens is 142 g/mol. The highest BCUT2D eigenvalue weighted by molar-refractivity contribution is 5.48. The van der Waals surface area contributed by atoms with Gasteiger partial charge >= 0.3 is 6.41 Å². The Labute approximate surface area is 68.0 Å². The molecule has 3 nitrogen and oxygen atoms in total. The van der Waals surface area contributed by atoms with Crippen LogP contribution >= 0.6 is 0 Å². The zero-order valence-electron chi connectivity index (χ0n) is 7.21. The molecular formula is C8H16NO2. The molecule has 0 spiro atoms. The Bertz CT molecular complexity index is 106. The van der Waals surface area contributed by atoms with Crippen molar-refractivity contribution in [3.8, 4) is 0 Å². The van der Waals surface area contributed by atoms with Gasteiger partial charge in [-0.3, -0.25) is 4.79 Å². The first-order valence-electron chi connectivity index (χ1n) is 4.01. The minimum Gasteiger partial charge on any atom is -0.396 e. The van der Waals surface area contributed by atoms with Gasteiger partial charge in [0.2, 0.25) is 0 Å². The van der Waals surface area contributed by atoms with E-state index in [-0.39, 0.29) is 12.6 Å². The van der Waals surface area contributed by atoms with E-state index in [1.54, 1.807) is 4.90 Å². The number of rotatable bonds is 6. The summed E-state index contributed by atoms with van der Waals surface area (Å²) < 4.78 is 0. The van der Waals surface area contributed by atoms with Gasteiger partial charge in [-0.15, -0.1) is 0 Å². The van der Waals surface area contributed by atoms with Crippen molar-refractivity contribution in [1.82, 2.24) is 4.90 Å². The zero-order valence-corrected chi connectivity index (χ0v) is 7.21. The minimum atomic E-state index is 0.134. The minimum absolute atomic E-state index is 0.134. The van der Waals surface area contributed by atoms with Crippen LogP contribution in [0, 0.1) is 0 Å². The first-order chi connectivity index (χ1) is 5.26. The SMILES string of the molecule is CCC(C)N([C]=O)CCCO. The third-order valence-electron chi connectivity index (χ3n) is 1.80. The molecule has 1 N–H and O–H groups in total. The summed E-state index contributed by atoms with van der Waals surface area (Å²) in [5.74, 6) is 0. The van der Waals surface area contributed by atoms with Crippen molar-refractivity contribution in [2.24, 2.45) is 0 Å². The summed E-state index contributed by atoms with van der Waals surface area (Å²) in [6.07, 6.45) is 3.43. The second-order valence-electron chi connectivity index (χ2n) is 2.62. The van der Waals surface area contributed by atoms with E-state index in [9.17, 15) is 4.79 Å². The summed E-state index contributed by atoms with van der Waals surface area (Å²) in [7, 11) is 0. The van der Waals surface area contributed by atoms with E-state index in [1.165, 1.54) is 0 Å². The molecule has 11 heavy (non-hydrogen) atoms. The molecule has 0 fully saturated rings. The summed E-state index contributed by atoms with van der Waals surface area (Å²) in [4.78, 5) is 11.9. The molecule has 1 atom stereocenters. The van der Waals surface area contributed by atoms with Gasteiger partial charge in [-0.25, -0.2) is 0 Å². The van der Waals surface area contributed by atoms with Crippen LogP contribution in [-0.2, 0) is 4.79 Å². The molecule has 65 valence electrons. The van der Waals surface area contributed by atoms with E-state index >= 15 is 0 Å². The van der Waals surface area contributed by atoms with Gasteiger partial charge in [0.15, 0.2) is 0 Å². The lowest BCUT2D eigenvalue weighted by atomic mass is 10.2. The Morgan fingerprint density at radius 3 is 2.64 bits per heavy atom. The topological polar surface area (TPSA) is 40.5 Å². The standard InChI is InChI=1S/C8H16NO2/c1-3-8(2)9(7-11)5-4-6-10/h8,10H,3-6H2,1-2H3. The Morgan fingerprint density at radius 2 is 2.27 bits per heavy atom. The molecule has 0 aromatic carbocycles. The fourth-order valence-electron chi connectivity index (χ4n) is 0.817. The van der Waals surface area contributed by atoms with Crippen molar-refractivity contribution >= 4 is 6.41 Å². The summed E-state index contributed by atoms with van der Waals surface area (Å²) in [5.41, 5.74) is 0. The molecule has 1 unspecified atom stereocenters. The van der Waals surface area contributed by atoms with Crippen molar-refractivity contribution in [3.05, 3.63) is 0 Å². The van der Waals surface area contributed by atoms with Gasteiger partial charge in [-0.05, 0) is 19.8 Å². The Hall–Kier alpha value is -0.570. The smallest absolute Gasteiger partial charge is 0.312 e. The van der Waals surface area contributed by atoms with Crippen LogP contribution in [0.5, 0.6) is 0 Å². The molecule has 1 amide bonds. The number of nitrogens with zero attached hydrogens (tertiary/aromatic N) is 1. The van der Waals surface area contributed by atoms with Crippen molar-refractivity contribution in [2.45, 2.75) is 32.7 Å². The predicted molar refractivity (Wildman–Crippen MR) is 43.9 cm³/mol. The second kappa shape index (κ2) is 6.16. The van der Waals surface area contributed by atoms with Crippen molar-refractivity contribution in [2.75, 3.05) is 13.2 Å². The van der Waals surface area contributed by atoms with Crippen LogP contribution in [0.3, 0.4) is 0 Å². The van der Waals surface area contributed by atoms with E-state index in [2.05, 4.69) is 0 Å². The fourth-order valence-corrected chi connectivity index (χ4v) is 0.817. The highest BCUT2D eigenvalue weighted by Crippen LogP contribution is 2.00. The molecule has 0 saturated carbocycles. The molecule has 0 aliphatic carbocycles. The lowest BCUT2D eigenvalue weighted by Gasteiger charge is -2.22. The van der Waals surface area contributed by atoms with Crippen LogP contribution in [0.25, 0.3) is 0 Å². The maximum atomic E-state index is 10.3. The highest BCUT2D eigenvalue weighted by Gasteiger charge is 2.08. The fraction of sp³-hybridized carbons (Fsp3) is 0.875. The van der Waals surface area contributed by atoms with E-state index in [1.807, 2.05) is 20.3 Å². The van der Waals surface area contributed by atoms with Gasteiger partial charge in [-0.1, -0.05) is 6.92 Å². The normalized spacial score (nSPS) is 12.6. The van der Waals surface area contributed by atoms with Crippen LogP contribution in [0.15, 0.2) is 0 Å². The van der Waals surface area contributed by atoms with Crippen LogP contribution < -0.4 is 0 Å². The molecule has 0 aromatic rings. The molecule has 1 radical (unpaired) electrons. The lowest BCUT2D eigenvalue weighted by molar-refractivity contribution is 0.242. The number of carbonyl (C=O) groups excluding carboxylic acids is 1. The summed E-state index contributed by atoms with van der Waals surface area (Å²) in [6, 6.07) is 0.235. The molecule has 0 aliphatic rings. The highest BCUT2D eigenvalue weighted by atomic mass is 16.3. The summed E-state index contributed by atoms with van der Waals surface area (Å²) in [6.45, 7) is 4.74. The van der Waals surface area contributed by atoms with Crippen molar-refractivity contribution < 1.29 is 9.90 Å². The average Bonchev–Trinajstić information content (AvgIpc) is 2.05. The van der Waals surface area contributed by atoms with Crippen molar-refractivity contribution in [1.29, 1.82) is 0 Å². The molecule has 0 aromatic heterocycles. The molecule has 0 saturated heterocycles. The molecule has 0 rings (SSSR count). The van der Waals surface area contributed by atoms with Gasteiger partial charge < -0.3 is 10.0 Å². The maximum Gasteiger partial charge on any atom is 0.312 e. The van der Waals surface area contributed by atoms with E-state index in [0.717, 1.165) is 6.42 Å². The van der Waals surface area contributed by atoms with Crippen LogP contribution in [0.4, 0.5) is 0 Å². The van der Waals surface area contributed by atoms with E-state index < -0.39 is 0 Å². The van der Waals surface area contributed by atoms with Gasteiger partial charge in [0.25, 0.3) is 0 Å². The van der Waals surface area contributed by atoms with Gasteiger partial charge in [0.1, 0.15) is 0 Å². The monoisotopic (exact) mass is 158 g/mol. The van der Waals surface area contributed by atoms with Crippen LogP contribution in [0.1, 0.15) is 26.7 Å². The van der Waals surface area contributed by atoms with Gasteiger partial charge in [0.05, 0.1) is 0 Å². The van der Waals surface area contributed by atoms with Crippen LogP contribution in [0.2, 0.25) is 0 Å². The van der Waals surface area contributed by atoms with Gasteiger partial charge in [0, 0.05) is 19.2 Å². The summed E-state index contributed by atoms with van der Waals surface area (Å²) in [5, 5.41) is 8.51. The molecule has 3 heteroatoms. The summed E-state index contributed by atoms with van der Waals surface area (Å²) >= 11 is 0. The number of aliphatic hydroxyl groups is 1. The quantitative estimate of drug-likeness (QED) is 0.573. The molecule has 0 aliphatic heterocycles. The Kier molecular flexibility index (Phi) is 5.84. The average molecular weight is 158 g/mol. The molecule has 0 bridgehead atoms. The second-order valence-corrected chi connectivity index (χ2v) is 2.62. The largest absolute Gasteiger partial charge is 0.396 e. The predicted octanol–water partition coefficient (Wildman–Crippen LogP) is 0.536. The Balaban J connectivity index is 3.65. The van der Waals surface area contributed by atoms with Crippen LogP contribution in [-0.4, -0.2) is 35.6 Å². The lowest BCUT2D eigenvalue weighted by Crippen LogP contribution is -2.32.